The number of hydrogen-bond donors (Lipinski definition) is 1. The highest BCUT2D eigenvalue weighted by Crippen LogP contribution is 2.35. The highest BCUT2D eigenvalue weighted by Gasteiger charge is 2.23. The molecule has 1 aromatic rings. The molecule has 2 nitrogen and oxygen atoms in total. The first-order valence-electron chi connectivity index (χ1n) is 7.80. The standard InChI is InChI=1S/C17H27NO/c1-2-13-19-16-12-8-7-11-15(16)17(18)14-9-5-3-4-6-10-14/h7-8,11-12,14,17H,2-6,9-10,13,18H2,1H3. The Hall–Kier alpha value is -1.02. The highest BCUT2D eigenvalue weighted by atomic mass is 16.5. The molecule has 0 saturated heterocycles. The van der Waals surface area contributed by atoms with Crippen LogP contribution in [0.25, 0.3) is 0 Å². The van der Waals surface area contributed by atoms with Gasteiger partial charge < -0.3 is 10.5 Å². The topological polar surface area (TPSA) is 35.2 Å². The minimum atomic E-state index is 0.131. The SMILES string of the molecule is CCCOc1ccccc1C(N)C1CCCCCC1. The molecule has 0 aliphatic heterocycles. The number of benzene rings is 1. The molecule has 2 heteroatoms. The van der Waals surface area contributed by atoms with Crippen LogP contribution in [0.4, 0.5) is 0 Å². The summed E-state index contributed by atoms with van der Waals surface area (Å²) in [5.41, 5.74) is 7.73. The zero-order valence-electron chi connectivity index (χ0n) is 12.1. The van der Waals surface area contributed by atoms with E-state index < -0.39 is 0 Å². The van der Waals surface area contributed by atoms with Crippen molar-refractivity contribution < 1.29 is 4.74 Å². The molecule has 1 aliphatic rings. The van der Waals surface area contributed by atoms with Crippen molar-refractivity contribution in [2.45, 2.75) is 57.9 Å². The first-order chi connectivity index (χ1) is 9.33. The molecule has 2 N–H and O–H groups in total. The van der Waals surface area contributed by atoms with Gasteiger partial charge in [-0.1, -0.05) is 50.8 Å². The summed E-state index contributed by atoms with van der Waals surface area (Å²) in [4.78, 5) is 0. The average molecular weight is 261 g/mol. The highest BCUT2D eigenvalue weighted by molar-refractivity contribution is 5.36. The molecule has 0 amide bonds. The van der Waals surface area contributed by atoms with E-state index in [4.69, 9.17) is 10.5 Å². The Morgan fingerprint density at radius 1 is 1.16 bits per heavy atom. The van der Waals surface area contributed by atoms with E-state index in [1.165, 1.54) is 44.1 Å². The van der Waals surface area contributed by atoms with E-state index in [2.05, 4.69) is 25.1 Å². The summed E-state index contributed by atoms with van der Waals surface area (Å²) in [7, 11) is 0. The predicted molar refractivity (Wildman–Crippen MR) is 80.3 cm³/mol. The van der Waals surface area contributed by atoms with Crippen molar-refractivity contribution in [3.05, 3.63) is 29.8 Å². The predicted octanol–water partition coefficient (Wildman–Crippen LogP) is 4.45. The number of para-hydroxylation sites is 1. The van der Waals surface area contributed by atoms with Crippen molar-refractivity contribution in [2.75, 3.05) is 6.61 Å². The van der Waals surface area contributed by atoms with Gasteiger partial charge in [-0.05, 0) is 31.2 Å². The van der Waals surface area contributed by atoms with Crippen molar-refractivity contribution in [3.63, 3.8) is 0 Å². The van der Waals surface area contributed by atoms with Crippen LogP contribution in [0.15, 0.2) is 24.3 Å². The second kappa shape index (κ2) is 7.54. The molecule has 106 valence electrons. The first kappa shape index (κ1) is 14.4. The lowest BCUT2D eigenvalue weighted by molar-refractivity contribution is 0.303. The molecule has 19 heavy (non-hydrogen) atoms. The third-order valence-corrected chi connectivity index (χ3v) is 4.15. The molecule has 1 unspecified atom stereocenters. The Morgan fingerprint density at radius 2 is 1.84 bits per heavy atom. The summed E-state index contributed by atoms with van der Waals surface area (Å²) >= 11 is 0. The molecular weight excluding hydrogens is 234 g/mol. The summed E-state index contributed by atoms with van der Waals surface area (Å²) in [6.45, 7) is 2.91. The van der Waals surface area contributed by atoms with Crippen LogP contribution >= 0.6 is 0 Å². The van der Waals surface area contributed by atoms with E-state index in [0.717, 1.165) is 18.8 Å². The van der Waals surface area contributed by atoms with Crippen LogP contribution in [-0.4, -0.2) is 6.61 Å². The summed E-state index contributed by atoms with van der Waals surface area (Å²) in [6.07, 6.45) is 8.97. The molecule has 0 radical (unpaired) electrons. The zero-order valence-corrected chi connectivity index (χ0v) is 12.1. The van der Waals surface area contributed by atoms with Crippen LogP contribution in [0.2, 0.25) is 0 Å². The van der Waals surface area contributed by atoms with E-state index >= 15 is 0 Å². The van der Waals surface area contributed by atoms with Crippen molar-refractivity contribution in [1.29, 1.82) is 0 Å². The summed E-state index contributed by atoms with van der Waals surface area (Å²) < 4.78 is 5.85. The van der Waals surface area contributed by atoms with E-state index in [0.29, 0.717) is 5.92 Å². The molecular formula is C17H27NO. The maximum absolute atomic E-state index is 6.53. The Balaban J connectivity index is 2.10. The molecule has 0 aromatic heterocycles. The minimum absolute atomic E-state index is 0.131. The van der Waals surface area contributed by atoms with Gasteiger partial charge in [-0.2, -0.15) is 0 Å². The van der Waals surface area contributed by atoms with Crippen LogP contribution in [-0.2, 0) is 0 Å². The van der Waals surface area contributed by atoms with Gasteiger partial charge in [0.1, 0.15) is 5.75 Å². The molecule has 1 aromatic carbocycles. The van der Waals surface area contributed by atoms with Gasteiger partial charge in [0, 0.05) is 11.6 Å². The Bertz CT molecular complexity index is 369. The summed E-state index contributed by atoms with van der Waals surface area (Å²) in [5, 5.41) is 0. The molecule has 0 spiro atoms. The Labute approximate surface area is 117 Å². The van der Waals surface area contributed by atoms with Crippen LogP contribution in [0.3, 0.4) is 0 Å². The third kappa shape index (κ3) is 3.97. The van der Waals surface area contributed by atoms with Gasteiger partial charge in [-0.25, -0.2) is 0 Å². The summed E-state index contributed by atoms with van der Waals surface area (Å²) in [6, 6.07) is 8.44. The minimum Gasteiger partial charge on any atom is -0.493 e. The van der Waals surface area contributed by atoms with Crippen molar-refractivity contribution >= 4 is 0 Å². The smallest absolute Gasteiger partial charge is 0.124 e. The van der Waals surface area contributed by atoms with Crippen molar-refractivity contribution in [3.8, 4) is 5.75 Å². The van der Waals surface area contributed by atoms with E-state index in [1.807, 2.05) is 6.07 Å². The lowest BCUT2D eigenvalue weighted by Gasteiger charge is -2.24. The third-order valence-electron chi connectivity index (χ3n) is 4.15. The van der Waals surface area contributed by atoms with Gasteiger partial charge in [0.05, 0.1) is 6.61 Å². The van der Waals surface area contributed by atoms with Gasteiger partial charge in [0.25, 0.3) is 0 Å². The molecule has 0 heterocycles. The second-order valence-electron chi connectivity index (χ2n) is 5.66. The lowest BCUT2D eigenvalue weighted by atomic mass is 9.87. The Morgan fingerprint density at radius 3 is 2.53 bits per heavy atom. The lowest BCUT2D eigenvalue weighted by Crippen LogP contribution is -2.22. The van der Waals surface area contributed by atoms with Crippen molar-refractivity contribution in [1.82, 2.24) is 0 Å². The number of rotatable bonds is 5. The fourth-order valence-corrected chi connectivity index (χ4v) is 3.02. The van der Waals surface area contributed by atoms with Crippen molar-refractivity contribution in [2.24, 2.45) is 11.7 Å². The number of hydrogen-bond acceptors (Lipinski definition) is 2. The van der Waals surface area contributed by atoms with Crippen LogP contribution in [0, 0.1) is 5.92 Å². The quantitative estimate of drug-likeness (QED) is 0.795. The van der Waals surface area contributed by atoms with E-state index in [9.17, 15) is 0 Å². The zero-order chi connectivity index (χ0) is 13.5. The molecule has 1 atom stereocenters. The van der Waals surface area contributed by atoms with Gasteiger partial charge in [-0.15, -0.1) is 0 Å². The second-order valence-corrected chi connectivity index (χ2v) is 5.66. The average Bonchev–Trinajstić information content (AvgIpc) is 2.73. The van der Waals surface area contributed by atoms with Gasteiger partial charge in [0.15, 0.2) is 0 Å². The fourth-order valence-electron chi connectivity index (χ4n) is 3.02. The fraction of sp³-hybridized carbons (Fsp3) is 0.647. The maximum atomic E-state index is 6.53. The first-order valence-corrected chi connectivity index (χ1v) is 7.80. The van der Waals surface area contributed by atoms with E-state index in [1.54, 1.807) is 0 Å². The summed E-state index contributed by atoms with van der Waals surface area (Å²) in [5.74, 6) is 1.61. The molecule has 1 fully saturated rings. The van der Waals surface area contributed by atoms with Gasteiger partial charge in [-0.3, -0.25) is 0 Å². The largest absolute Gasteiger partial charge is 0.493 e. The number of nitrogens with two attached hydrogens (primary N) is 1. The van der Waals surface area contributed by atoms with Crippen LogP contribution in [0.1, 0.15) is 63.5 Å². The normalized spacial score (nSPS) is 18.8. The Kier molecular flexibility index (Phi) is 5.71. The van der Waals surface area contributed by atoms with Crippen LogP contribution < -0.4 is 10.5 Å². The molecule has 1 aliphatic carbocycles. The van der Waals surface area contributed by atoms with E-state index in [-0.39, 0.29) is 6.04 Å². The molecule has 0 bridgehead atoms. The van der Waals surface area contributed by atoms with Gasteiger partial charge in [0.2, 0.25) is 0 Å². The molecule has 2 rings (SSSR count). The monoisotopic (exact) mass is 261 g/mol. The maximum Gasteiger partial charge on any atom is 0.124 e. The molecule has 1 saturated carbocycles. The number of ether oxygens (including phenoxy) is 1. The van der Waals surface area contributed by atoms with Crippen LogP contribution in [0.5, 0.6) is 5.75 Å². The van der Waals surface area contributed by atoms with Gasteiger partial charge >= 0.3 is 0 Å².